The number of nitrogens with zero attached hydrogens (tertiary/aromatic N) is 1. The second kappa shape index (κ2) is 38.1. The Bertz CT molecular complexity index is 1120. The summed E-state index contributed by atoms with van der Waals surface area (Å²) in [4.78, 5) is 35.4. The molecule has 0 saturated carbocycles. The highest BCUT2D eigenvalue weighted by molar-refractivity contribution is 7.47. The molecule has 4 atom stereocenters. The van der Waals surface area contributed by atoms with Crippen LogP contribution in [-0.4, -0.2) is 97.3 Å². The van der Waals surface area contributed by atoms with Crippen LogP contribution < -0.4 is 0 Å². The average molecular weight is 845 g/mol. The maximum absolute atomic E-state index is 12.7. The molecule has 3 N–H and O–H groups in total. The van der Waals surface area contributed by atoms with Crippen LogP contribution in [0, 0.1) is 0 Å². The lowest BCUT2D eigenvalue weighted by molar-refractivity contribution is -0.870. The van der Waals surface area contributed by atoms with Crippen molar-refractivity contribution in [2.75, 3.05) is 47.5 Å². The van der Waals surface area contributed by atoms with E-state index in [0.29, 0.717) is 36.7 Å². The molecule has 0 fully saturated rings. The molecular weight excluding hydrogens is 757 g/mol. The Morgan fingerprint density at radius 1 is 0.603 bits per heavy atom. The molecule has 0 aromatic carbocycles. The van der Waals surface area contributed by atoms with Crippen LogP contribution in [-0.2, 0) is 32.7 Å². The number of ether oxygens (including phenoxy) is 2. The highest BCUT2D eigenvalue weighted by Gasteiger charge is 2.27. The Labute approximate surface area is 354 Å². The zero-order valence-corrected chi connectivity index (χ0v) is 38.4. The van der Waals surface area contributed by atoms with Crippen LogP contribution in [0.3, 0.4) is 0 Å². The predicted molar refractivity (Wildman–Crippen MR) is 236 cm³/mol. The number of unbranched alkanes of at least 4 members (excludes halogenated alkanes) is 17. The number of aliphatic hydroxyl groups excluding tert-OH is 2. The lowest BCUT2D eigenvalue weighted by atomic mass is 10.0. The number of phosphoric acid groups is 1. The molecule has 0 bridgehead atoms. The standard InChI is InChI=1S/C46H86NO10P/c1-6-8-10-12-14-15-16-17-18-19-20-21-22-23-24-28-33-37-46(51)57-42(41-56-58(52,53)55-39-38-47(3,4)5)40-54-45(50)36-32-29-25-27-31-35-44(49)43(48)34-30-26-13-11-9-7-2/h14-15,17-18,26,30,42-44,48-49H,6-13,16,19-25,27-29,31-41H2,1-5H3/p+1/b15-14-,18-17-,30-26-/t42-,43-,44-/m1/s1. The van der Waals surface area contributed by atoms with Gasteiger partial charge in [0.15, 0.2) is 6.10 Å². The van der Waals surface area contributed by atoms with Gasteiger partial charge in [0.25, 0.3) is 0 Å². The van der Waals surface area contributed by atoms with Gasteiger partial charge in [-0.1, -0.05) is 134 Å². The molecule has 58 heavy (non-hydrogen) atoms. The van der Waals surface area contributed by atoms with E-state index in [-0.39, 0.29) is 26.1 Å². The zero-order valence-electron chi connectivity index (χ0n) is 37.5. The first-order valence-corrected chi connectivity index (χ1v) is 24.4. The monoisotopic (exact) mass is 845 g/mol. The Morgan fingerprint density at radius 3 is 1.67 bits per heavy atom. The maximum atomic E-state index is 12.7. The molecule has 0 aromatic heterocycles. The number of quaternary nitrogens is 1. The van der Waals surface area contributed by atoms with Crippen molar-refractivity contribution in [2.24, 2.45) is 0 Å². The Morgan fingerprint density at radius 2 is 1.10 bits per heavy atom. The Hall–Kier alpha value is -1.85. The van der Waals surface area contributed by atoms with Gasteiger partial charge in [-0.15, -0.1) is 0 Å². The van der Waals surface area contributed by atoms with E-state index in [1.54, 1.807) is 0 Å². The van der Waals surface area contributed by atoms with E-state index in [9.17, 15) is 29.3 Å². The van der Waals surface area contributed by atoms with Gasteiger partial charge in [0.05, 0.1) is 40.0 Å². The summed E-state index contributed by atoms with van der Waals surface area (Å²) >= 11 is 0. The molecule has 11 nitrogen and oxygen atoms in total. The van der Waals surface area contributed by atoms with Gasteiger partial charge in [0, 0.05) is 12.8 Å². The van der Waals surface area contributed by atoms with Crippen LogP contribution in [0.25, 0.3) is 0 Å². The van der Waals surface area contributed by atoms with Crippen molar-refractivity contribution in [3.8, 4) is 0 Å². The molecule has 0 aliphatic rings. The summed E-state index contributed by atoms with van der Waals surface area (Å²) < 4.78 is 34.2. The summed E-state index contributed by atoms with van der Waals surface area (Å²) in [7, 11) is 1.38. The number of carbonyl (C=O) groups is 2. The number of rotatable bonds is 41. The highest BCUT2D eigenvalue weighted by Crippen LogP contribution is 2.43. The van der Waals surface area contributed by atoms with Gasteiger partial charge in [-0.25, -0.2) is 4.57 Å². The van der Waals surface area contributed by atoms with E-state index >= 15 is 0 Å². The first-order chi connectivity index (χ1) is 27.8. The van der Waals surface area contributed by atoms with Crippen molar-refractivity contribution in [3.05, 3.63) is 36.5 Å². The lowest BCUT2D eigenvalue weighted by Gasteiger charge is -2.24. The number of carbonyl (C=O) groups excluding carboxylic acids is 2. The number of allylic oxidation sites excluding steroid dienone is 5. The van der Waals surface area contributed by atoms with Gasteiger partial charge >= 0.3 is 19.8 Å². The topological polar surface area (TPSA) is 149 Å². The third-order valence-electron chi connectivity index (χ3n) is 9.84. The quantitative estimate of drug-likeness (QED) is 0.0178. The third kappa shape index (κ3) is 39.6. The first kappa shape index (κ1) is 56.1. The fraction of sp³-hybridized carbons (Fsp3) is 0.826. The van der Waals surface area contributed by atoms with Crippen molar-refractivity contribution in [2.45, 2.75) is 199 Å². The number of esters is 2. The fourth-order valence-corrected chi connectivity index (χ4v) is 6.81. The zero-order chi connectivity index (χ0) is 43.2. The molecule has 0 aliphatic carbocycles. The van der Waals surface area contributed by atoms with Gasteiger partial charge < -0.3 is 29.1 Å². The molecule has 340 valence electrons. The third-order valence-corrected chi connectivity index (χ3v) is 10.8. The van der Waals surface area contributed by atoms with Gasteiger partial charge in [-0.2, -0.15) is 0 Å². The minimum absolute atomic E-state index is 0.00424. The average Bonchev–Trinajstić information content (AvgIpc) is 3.17. The summed E-state index contributed by atoms with van der Waals surface area (Å²) in [6.07, 6.45) is 34.9. The first-order valence-electron chi connectivity index (χ1n) is 22.9. The van der Waals surface area contributed by atoms with Gasteiger partial charge in [-0.05, 0) is 70.6 Å². The van der Waals surface area contributed by atoms with Crippen molar-refractivity contribution in [1.29, 1.82) is 0 Å². The molecule has 0 spiro atoms. The molecule has 1 unspecified atom stereocenters. The second-order valence-corrected chi connectivity index (χ2v) is 18.2. The molecule has 0 heterocycles. The van der Waals surface area contributed by atoms with Crippen molar-refractivity contribution in [3.63, 3.8) is 0 Å². The van der Waals surface area contributed by atoms with E-state index in [0.717, 1.165) is 70.6 Å². The fourth-order valence-electron chi connectivity index (χ4n) is 6.07. The van der Waals surface area contributed by atoms with Gasteiger partial charge in [0.1, 0.15) is 19.8 Å². The summed E-state index contributed by atoms with van der Waals surface area (Å²) in [6.45, 7) is 4.15. The summed E-state index contributed by atoms with van der Waals surface area (Å²) in [6, 6.07) is 0. The van der Waals surface area contributed by atoms with Gasteiger partial charge in [0.2, 0.25) is 0 Å². The molecule has 0 aliphatic heterocycles. The number of hydrogen-bond donors (Lipinski definition) is 3. The van der Waals surface area contributed by atoms with E-state index in [2.05, 4.69) is 44.2 Å². The van der Waals surface area contributed by atoms with Crippen molar-refractivity contribution >= 4 is 19.8 Å². The molecule has 0 amide bonds. The lowest BCUT2D eigenvalue weighted by Crippen LogP contribution is -2.37. The smallest absolute Gasteiger partial charge is 0.462 e. The predicted octanol–water partition coefficient (Wildman–Crippen LogP) is 10.9. The summed E-state index contributed by atoms with van der Waals surface area (Å²) in [5.41, 5.74) is 0. The van der Waals surface area contributed by atoms with Crippen LogP contribution in [0.15, 0.2) is 36.5 Å². The minimum atomic E-state index is -4.41. The number of phosphoric ester groups is 1. The number of hydrogen-bond acceptors (Lipinski definition) is 9. The van der Waals surface area contributed by atoms with Crippen LogP contribution in [0.2, 0.25) is 0 Å². The highest BCUT2D eigenvalue weighted by atomic mass is 31.2. The largest absolute Gasteiger partial charge is 0.472 e. The van der Waals surface area contributed by atoms with E-state index in [4.69, 9.17) is 18.5 Å². The van der Waals surface area contributed by atoms with Crippen LogP contribution >= 0.6 is 7.82 Å². The number of likely N-dealkylation sites (N-methyl/N-ethyl adjacent to an activating group) is 1. The van der Waals surface area contributed by atoms with Crippen LogP contribution in [0.1, 0.15) is 181 Å². The van der Waals surface area contributed by atoms with E-state index in [1.807, 2.05) is 27.2 Å². The maximum Gasteiger partial charge on any atom is 0.472 e. The van der Waals surface area contributed by atoms with Crippen molar-refractivity contribution < 1.29 is 52.3 Å². The van der Waals surface area contributed by atoms with Crippen molar-refractivity contribution in [1.82, 2.24) is 0 Å². The molecule has 0 radical (unpaired) electrons. The van der Waals surface area contributed by atoms with E-state index < -0.39 is 44.7 Å². The molecule has 0 rings (SSSR count). The number of aliphatic hydroxyl groups is 2. The molecule has 0 saturated heterocycles. The molecule has 12 heteroatoms. The summed E-state index contributed by atoms with van der Waals surface area (Å²) in [5, 5.41) is 20.5. The second-order valence-electron chi connectivity index (χ2n) is 16.7. The Balaban J connectivity index is 4.46. The Kier molecular flexibility index (Phi) is 36.9. The minimum Gasteiger partial charge on any atom is -0.462 e. The molecule has 0 aromatic rings. The SMILES string of the molecule is CCCCC/C=C\C/C=C\CCCCCCCCCC(=O)O[C@H](COC(=O)CCCCCCC[C@@H](O)[C@H](O)C/C=C\CCCCC)COP(=O)(O)OCC[N+](C)(C)C. The molecular formula is C46H87NO10P+. The summed E-state index contributed by atoms with van der Waals surface area (Å²) in [5.74, 6) is -0.919. The normalized spacial score (nSPS) is 15.0. The van der Waals surface area contributed by atoms with E-state index in [1.165, 1.54) is 57.8 Å². The van der Waals surface area contributed by atoms with Crippen LogP contribution in [0.4, 0.5) is 0 Å². The van der Waals surface area contributed by atoms with Crippen LogP contribution in [0.5, 0.6) is 0 Å². The van der Waals surface area contributed by atoms with Gasteiger partial charge in [-0.3, -0.25) is 18.6 Å².